The van der Waals surface area contributed by atoms with Crippen molar-refractivity contribution >= 4 is 11.9 Å². The zero-order chi connectivity index (χ0) is 14.4. The molecule has 1 fully saturated rings. The molecule has 0 heterocycles. The van der Waals surface area contributed by atoms with Crippen LogP contribution in [0.25, 0.3) is 0 Å². The number of amides is 1. The van der Waals surface area contributed by atoms with Crippen molar-refractivity contribution < 1.29 is 14.3 Å². The van der Waals surface area contributed by atoms with Crippen LogP contribution >= 0.6 is 0 Å². The SMILES string of the molecule is C=C=CC(=O)NC1CC(C(=O)OCc2ccccc2)C1. The Bertz CT molecular complexity index is 526. The molecule has 2 rings (SSSR count). The monoisotopic (exact) mass is 271 g/mol. The molecular weight excluding hydrogens is 254 g/mol. The normalized spacial score (nSPS) is 20.2. The number of nitrogens with one attached hydrogen (secondary N) is 1. The van der Waals surface area contributed by atoms with E-state index in [9.17, 15) is 9.59 Å². The summed E-state index contributed by atoms with van der Waals surface area (Å²) in [5.41, 5.74) is 3.39. The van der Waals surface area contributed by atoms with Gasteiger partial charge in [0.15, 0.2) is 0 Å². The maximum Gasteiger partial charge on any atom is 0.309 e. The van der Waals surface area contributed by atoms with Gasteiger partial charge >= 0.3 is 5.97 Å². The number of rotatable bonds is 5. The fourth-order valence-corrected chi connectivity index (χ4v) is 2.11. The second kappa shape index (κ2) is 6.73. The van der Waals surface area contributed by atoms with Crippen LogP contribution in [0, 0.1) is 5.92 Å². The molecule has 0 spiro atoms. The van der Waals surface area contributed by atoms with Crippen molar-refractivity contribution in [2.24, 2.45) is 5.92 Å². The molecule has 0 saturated heterocycles. The first kappa shape index (κ1) is 14.1. The Kier molecular flexibility index (Phi) is 4.75. The first-order chi connectivity index (χ1) is 9.69. The maximum absolute atomic E-state index is 11.8. The van der Waals surface area contributed by atoms with Crippen LogP contribution in [0.2, 0.25) is 0 Å². The highest BCUT2D eigenvalue weighted by Crippen LogP contribution is 2.28. The van der Waals surface area contributed by atoms with Crippen molar-refractivity contribution in [3.63, 3.8) is 0 Å². The van der Waals surface area contributed by atoms with Crippen molar-refractivity contribution in [2.75, 3.05) is 0 Å². The molecule has 0 radical (unpaired) electrons. The second-order valence-corrected chi connectivity index (χ2v) is 4.82. The average Bonchev–Trinajstić information content (AvgIpc) is 2.41. The minimum absolute atomic E-state index is 0.0429. The Labute approximate surface area is 118 Å². The number of esters is 1. The first-order valence-electron chi connectivity index (χ1n) is 6.56. The van der Waals surface area contributed by atoms with Crippen LogP contribution in [0.4, 0.5) is 0 Å². The van der Waals surface area contributed by atoms with Crippen molar-refractivity contribution in [3.05, 3.63) is 54.3 Å². The van der Waals surface area contributed by atoms with Crippen LogP contribution in [-0.2, 0) is 20.9 Å². The molecule has 1 amide bonds. The third kappa shape index (κ3) is 3.84. The van der Waals surface area contributed by atoms with Gasteiger partial charge in [-0.1, -0.05) is 36.9 Å². The highest BCUT2D eigenvalue weighted by molar-refractivity contribution is 5.87. The van der Waals surface area contributed by atoms with Crippen molar-refractivity contribution in [1.29, 1.82) is 0 Å². The number of benzene rings is 1. The molecule has 1 aliphatic carbocycles. The van der Waals surface area contributed by atoms with Gasteiger partial charge in [-0.05, 0) is 18.4 Å². The molecule has 104 valence electrons. The van der Waals surface area contributed by atoms with Crippen LogP contribution in [0.3, 0.4) is 0 Å². The van der Waals surface area contributed by atoms with Crippen LogP contribution in [0.1, 0.15) is 18.4 Å². The topological polar surface area (TPSA) is 55.4 Å². The molecule has 1 aliphatic rings. The highest BCUT2D eigenvalue weighted by atomic mass is 16.5. The highest BCUT2D eigenvalue weighted by Gasteiger charge is 2.36. The Hall–Kier alpha value is -2.32. The van der Waals surface area contributed by atoms with E-state index in [1.807, 2.05) is 30.3 Å². The van der Waals surface area contributed by atoms with E-state index in [1.165, 1.54) is 6.08 Å². The van der Waals surface area contributed by atoms with Crippen LogP contribution < -0.4 is 5.32 Å². The molecule has 20 heavy (non-hydrogen) atoms. The van der Waals surface area contributed by atoms with E-state index >= 15 is 0 Å². The standard InChI is InChI=1S/C16H17NO3/c1-2-6-15(18)17-14-9-13(10-14)16(19)20-11-12-7-4-3-5-8-12/h3-8,13-14H,1,9-11H2,(H,17,18). The molecule has 1 aromatic rings. The van der Waals surface area contributed by atoms with E-state index in [-0.39, 0.29) is 23.8 Å². The van der Waals surface area contributed by atoms with Crippen LogP contribution in [-0.4, -0.2) is 17.9 Å². The van der Waals surface area contributed by atoms with Gasteiger partial charge in [-0.2, -0.15) is 0 Å². The molecular formula is C16H17NO3. The zero-order valence-corrected chi connectivity index (χ0v) is 11.2. The fourth-order valence-electron chi connectivity index (χ4n) is 2.11. The molecule has 0 aromatic heterocycles. The summed E-state index contributed by atoms with van der Waals surface area (Å²) in [6.45, 7) is 3.63. The van der Waals surface area contributed by atoms with Gasteiger partial charge in [0.25, 0.3) is 5.91 Å². The Morgan fingerprint density at radius 3 is 2.70 bits per heavy atom. The van der Waals surface area contributed by atoms with E-state index in [2.05, 4.69) is 17.6 Å². The molecule has 4 nitrogen and oxygen atoms in total. The number of carbonyl (C=O) groups is 2. The fraction of sp³-hybridized carbons (Fsp3) is 0.312. The van der Waals surface area contributed by atoms with Gasteiger partial charge in [0, 0.05) is 12.1 Å². The molecule has 0 aliphatic heterocycles. The summed E-state index contributed by atoms with van der Waals surface area (Å²) >= 11 is 0. The van der Waals surface area contributed by atoms with Crippen LogP contribution in [0.5, 0.6) is 0 Å². The minimum Gasteiger partial charge on any atom is -0.461 e. The van der Waals surface area contributed by atoms with E-state index in [0.717, 1.165) is 5.56 Å². The smallest absolute Gasteiger partial charge is 0.309 e. The summed E-state index contributed by atoms with van der Waals surface area (Å²) in [6.07, 6.45) is 2.51. The third-order valence-electron chi connectivity index (χ3n) is 3.27. The van der Waals surface area contributed by atoms with Crippen LogP contribution in [0.15, 0.2) is 48.7 Å². The van der Waals surface area contributed by atoms with Gasteiger partial charge in [-0.25, -0.2) is 0 Å². The maximum atomic E-state index is 11.8. The van der Waals surface area contributed by atoms with Crippen molar-refractivity contribution in [2.45, 2.75) is 25.5 Å². The average molecular weight is 271 g/mol. The predicted octanol–water partition coefficient (Wildman–Crippen LogP) is 1.97. The molecule has 0 atom stereocenters. The van der Waals surface area contributed by atoms with Gasteiger partial charge in [0.1, 0.15) is 6.61 Å². The number of carbonyl (C=O) groups excluding carboxylic acids is 2. The lowest BCUT2D eigenvalue weighted by molar-refractivity contribution is -0.154. The third-order valence-corrected chi connectivity index (χ3v) is 3.27. The predicted molar refractivity (Wildman–Crippen MR) is 74.6 cm³/mol. The Balaban J connectivity index is 1.69. The molecule has 1 saturated carbocycles. The Morgan fingerprint density at radius 1 is 1.35 bits per heavy atom. The lowest BCUT2D eigenvalue weighted by Gasteiger charge is -2.33. The number of hydrogen-bond donors (Lipinski definition) is 1. The van der Waals surface area contributed by atoms with E-state index in [4.69, 9.17) is 4.74 Å². The lowest BCUT2D eigenvalue weighted by atomic mass is 9.80. The quantitative estimate of drug-likeness (QED) is 0.506. The number of ether oxygens (including phenoxy) is 1. The van der Waals surface area contributed by atoms with Crippen molar-refractivity contribution in [1.82, 2.24) is 5.32 Å². The van der Waals surface area contributed by atoms with E-state index in [1.54, 1.807) is 0 Å². The van der Waals surface area contributed by atoms with Gasteiger partial charge in [0.05, 0.1) is 5.92 Å². The lowest BCUT2D eigenvalue weighted by Crippen LogP contribution is -2.46. The minimum atomic E-state index is -0.221. The largest absolute Gasteiger partial charge is 0.461 e. The van der Waals surface area contributed by atoms with Gasteiger partial charge < -0.3 is 10.1 Å². The Morgan fingerprint density at radius 2 is 2.05 bits per heavy atom. The summed E-state index contributed by atoms with van der Waals surface area (Å²) in [7, 11) is 0. The second-order valence-electron chi connectivity index (χ2n) is 4.82. The van der Waals surface area contributed by atoms with E-state index in [0.29, 0.717) is 19.4 Å². The summed E-state index contributed by atoms with van der Waals surface area (Å²) < 4.78 is 5.25. The van der Waals surface area contributed by atoms with Gasteiger partial charge in [-0.15, -0.1) is 5.73 Å². The van der Waals surface area contributed by atoms with E-state index < -0.39 is 0 Å². The zero-order valence-electron chi connectivity index (χ0n) is 11.2. The molecule has 1 aromatic carbocycles. The van der Waals surface area contributed by atoms with Gasteiger partial charge in [0.2, 0.25) is 0 Å². The molecule has 4 heteroatoms. The summed E-state index contributed by atoms with van der Waals surface area (Å²) in [4.78, 5) is 23.0. The summed E-state index contributed by atoms with van der Waals surface area (Å²) in [5, 5.41) is 2.77. The number of hydrogen-bond acceptors (Lipinski definition) is 3. The molecule has 1 N–H and O–H groups in total. The summed E-state index contributed by atoms with van der Waals surface area (Å²) in [5.74, 6) is -0.531. The molecule has 0 bridgehead atoms. The molecule has 0 unspecified atom stereocenters. The summed E-state index contributed by atoms with van der Waals surface area (Å²) in [6, 6.07) is 9.61. The first-order valence-corrected chi connectivity index (χ1v) is 6.56. The van der Waals surface area contributed by atoms with Gasteiger partial charge in [-0.3, -0.25) is 9.59 Å². The van der Waals surface area contributed by atoms with Crippen molar-refractivity contribution in [3.8, 4) is 0 Å².